The zero-order valence-electron chi connectivity index (χ0n) is 11.7. The van der Waals surface area contributed by atoms with E-state index in [1.807, 2.05) is 13.8 Å². The lowest BCUT2D eigenvalue weighted by Crippen LogP contribution is -2.27. The molecule has 1 aromatic carbocycles. The molecule has 1 unspecified atom stereocenters. The van der Waals surface area contributed by atoms with E-state index in [0.29, 0.717) is 17.8 Å². The van der Waals surface area contributed by atoms with Crippen molar-refractivity contribution >= 4 is 17.5 Å². The number of amides is 2. The summed E-state index contributed by atoms with van der Waals surface area (Å²) in [6.45, 7) is 5.97. The number of carbonyl (C=O) groups excluding carboxylic acids is 2. The molecule has 0 aliphatic rings. The third kappa shape index (κ3) is 4.06. The Morgan fingerprint density at radius 2 is 2.05 bits per heavy atom. The molecule has 104 valence electrons. The summed E-state index contributed by atoms with van der Waals surface area (Å²) < 4.78 is 4.94. The number of carbonyl (C=O) groups is 2. The van der Waals surface area contributed by atoms with Crippen molar-refractivity contribution in [2.24, 2.45) is 0 Å². The molecule has 0 radical (unpaired) electrons. The number of rotatable bonds is 5. The van der Waals surface area contributed by atoms with Crippen molar-refractivity contribution in [1.29, 1.82) is 0 Å². The number of aryl methyl sites for hydroxylation is 1. The first-order chi connectivity index (χ1) is 8.99. The summed E-state index contributed by atoms with van der Waals surface area (Å²) in [5, 5.41) is 5.49. The summed E-state index contributed by atoms with van der Waals surface area (Å²) in [5.74, 6) is -0.329. The fourth-order valence-electron chi connectivity index (χ4n) is 1.55. The molecule has 2 amide bonds. The smallest absolute Gasteiger partial charge is 0.253 e. The van der Waals surface area contributed by atoms with Crippen LogP contribution in [0.15, 0.2) is 18.2 Å². The van der Waals surface area contributed by atoms with Crippen molar-refractivity contribution in [3.8, 4) is 0 Å². The standard InChI is InChI=1S/C14H20N2O3/c1-5-15-14(18)11-6-7-12(9(2)8-11)16-13(17)10(3)19-4/h6-8,10H,5H2,1-4H3,(H,15,18)(H,16,17). The van der Waals surface area contributed by atoms with E-state index >= 15 is 0 Å². The molecule has 0 fully saturated rings. The van der Waals surface area contributed by atoms with Crippen LogP contribution in [0.2, 0.25) is 0 Å². The number of hydrogen-bond acceptors (Lipinski definition) is 3. The SMILES string of the molecule is CCNC(=O)c1ccc(NC(=O)C(C)OC)c(C)c1. The van der Waals surface area contributed by atoms with Gasteiger partial charge in [-0.2, -0.15) is 0 Å². The van der Waals surface area contributed by atoms with Crippen LogP contribution in [0.4, 0.5) is 5.69 Å². The molecule has 1 atom stereocenters. The molecule has 0 bridgehead atoms. The van der Waals surface area contributed by atoms with Gasteiger partial charge in [0.1, 0.15) is 6.10 Å². The molecule has 0 aromatic heterocycles. The van der Waals surface area contributed by atoms with Crippen LogP contribution in [0, 0.1) is 6.92 Å². The molecular formula is C14H20N2O3. The molecule has 19 heavy (non-hydrogen) atoms. The monoisotopic (exact) mass is 264 g/mol. The first kappa shape index (κ1) is 15.2. The fourth-order valence-corrected chi connectivity index (χ4v) is 1.55. The molecule has 5 nitrogen and oxygen atoms in total. The number of hydrogen-bond donors (Lipinski definition) is 2. The number of anilines is 1. The molecule has 0 aliphatic carbocycles. The summed E-state index contributed by atoms with van der Waals surface area (Å²) in [4.78, 5) is 23.4. The van der Waals surface area contributed by atoms with Crippen LogP contribution in [-0.4, -0.2) is 31.6 Å². The summed E-state index contributed by atoms with van der Waals surface area (Å²) in [6.07, 6.45) is -0.512. The van der Waals surface area contributed by atoms with Crippen LogP contribution in [-0.2, 0) is 9.53 Å². The van der Waals surface area contributed by atoms with E-state index in [9.17, 15) is 9.59 Å². The van der Waals surface area contributed by atoms with E-state index in [-0.39, 0.29) is 11.8 Å². The van der Waals surface area contributed by atoms with Crippen LogP contribution in [0.3, 0.4) is 0 Å². The maximum Gasteiger partial charge on any atom is 0.253 e. The molecule has 0 spiro atoms. The van der Waals surface area contributed by atoms with Crippen molar-refractivity contribution in [3.63, 3.8) is 0 Å². The Hall–Kier alpha value is -1.88. The number of benzene rings is 1. The number of methoxy groups -OCH3 is 1. The molecule has 0 saturated heterocycles. The predicted molar refractivity (Wildman–Crippen MR) is 74.3 cm³/mol. The predicted octanol–water partition coefficient (Wildman–Crippen LogP) is 1.72. The van der Waals surface area contributed by atoms with Crippen LogP contribution in [0.1, 0.15) is 29.8 Å². The van der Waals surface area contributed by atoms with E-state index in [2.05, 4.69) is 10.6 Å². The Labute approximate surface area is 113 Å². The summed E-state index contributed by atoms with van der Waals surface area (Å²) in [5.41, 5.74) is 2.10. The molecule has 0 aliphatic heterocycles. The summed E-state index contributed by atoms with van der Waals surface area (Å²) in [7, 11) is 1.48. The summed E-state index contributed by atoms with van der Waals surface area (Å²) in [6, 6.07) is 5.16. The highest BCUT2D eigenvalue weighted by Gasteiger charge is 2.13. The highest BCUT2D eigenvalue weighted by Crippen LogP contribution is 2.17. The molecule has 2 N–H and O–H groups in total. The van der Waals surface area contributed by atoms with Crippen molar-refractivity contribution in [2.75, 3.05) is 19.0 Å². The minimum Gasteiger partial charge on any atom is -0.372 e. The Bertz CT molecular complexity index is 472. The largest absolute Gasteiger partial charge is 0.372 e. The molecule has 5 heteroatoms. The molecule has 0 saturated carbocycles. The Morgan fingerprint density at radius 1 is 1.37 bits per heavy atom. The third-order valence-electron chi connectivity index (χ3n) is 2.81. The van der Waals surface area contributed by atoms with Crippen LogP contribution in [0.5, 0.6) is 0 Å². The Kier molecular flexibility index (Phi) is 5.51. The van der Waals surface area contributed by atoms with E-state index in [1.165, 1.54) is 7.11 Å². The maximum atomic E-state index is 11.7. The Balaban J connectivity index is 2.83. The van der Waals surface area contributed by atoms with E-state index in [0.717, 1.165) is 5.56 Å². The van der Waals surface area contributed by atoms with Crippen LogP contribution < -0.4 is 10.6 Å². The number of ether oxygens (including phenoxy) is 1. The molecular weight excluding hydrogens is 244 g/mol. The Morgan fingerprint density at radius 3 is 2.58 bits per heavy atom. The highest BCUT2D eigenvalue weighted by atomic mass is 16.5. The van der Waals surface area contributed by atoms with Crippen LogP contribution >= 0.6 is 0 Å². The quantitative estimate of drug-likeness (QED) is 0.851. The average Bonchev–Trinajstić information content (AvgIpc) is 2.40. The fraction of sp³-hybridized carbons (Fsp3) is 0.429. The zero-order valence-corrected chi connectivity index (χ0v) is 11.7. The van der Waals surface area contributed by atoms with Gasteiger partial charge in [0.2, 0.25) is 0 Å². The normalized spacial score (nSPS) is 11.8. The van der Waals surface area contributed by atoms with Gasteiger partial charge in [0.05, 0.1) is 0 Å². The van der Waals surface area contributed by atoms with Gasteiger partial charge in [-0.3, -0.25) is 9.59 Å². The summed E-state index contributed by atoms with van der Waals surface area (Å²) >= 11 is 0. The van der Waals surface area contributed by atoms with Gasteiger partial charge < -0.3 is 15.4 Å². The second kappa shape index (κ2) is 6.89. The lowest BCUT2D eigenvalue weighted by molar-refractivity contribution is -0.124. The first-order valence-electron chi connectivity index (χ1n) is 6.22. The van der Waals surface area contributed by atoms with Gasteiger partial charge in [0.25, 0.3) is 11.8 Å². The molecule has 0 heterocycles. The van der Waals surface area contributed by atoms with Gasteiger partial charge in [-0.1, -0.05) is 0 Å². The van der Waals surface area contributed by atoms with E-state index in [1.54, 1.807) is 25.1 Å². The zero-order chi connectivity index (χ0) is 14.4. The van der Waals surface area contributed by atoms with Gasteiger partial charge in [0.15, 0.2) is 0 Å². The number of nitrogens with one attached hydrogen (secondary N) is 2. The average molecular weight is 264 g/mol. The van der Waals surface area contributed by atoms with Crippen LogP contribution in [0.25, 0.3) is 0 Å². The minimum atomic E-state index is -0.512. The van der Waals surface area contributed by atoms with Gasteiger partial charge in [0, 0.05) is 24.9 Å². The van der Waals surface area contributed by atoms with E-state index in [4.69, 9.17) is 4.74 Å². The van der Waals surface area contributed by atoms with E-state index < -0.39 is 6.10 Å². The molecule has 1 rings (SSSR count). The third-order valence-corrected chi connectivity index (χ3v) is 2.81. The van der Waals surface area contributed by atoms with Gasteiger partial charge in [-0.25, -0.2) is 0 Å². The van der Waals surface area contributed by atoms with Gasteiger partial charge in [-0.05, 0) is 44.5 Å². The second-order valence-corrected chi connectivity index (χ2v) is 4.26. The van der Waals surface area contributed by atoms with Crippen molar-refractivity contribution in [1.82, 2.24) is 5.32 Å². The maximum absolute atomic E-state index is 11.7. The minimum absolute atomic E-state index is 0.117. The van der Waals surface area contributed by atoms with Crippen molar-refractivity contribution < 1.29 is 14.3 Å². The van der Waals surface area contributed by atoms with Crippen molar-refractivity contribution in [3.05, 3.63) is 29.3 Å². The second-order valence-electron chi connectivity index (χ2n) is 4.26. The van der Waals surface area contributed by atoms with Gasteiger partial charge >= 0.3 is 0 Å². The highest BCUT2D eigenvalue weighted by molar-refractivity contribution is 5.97. The van der Waals surface area contributed by atoms with Gasteiger partial charge in [-0.15, -0.1) is 0 Å². The first-order valence-corrected chi connectivity index (χ1v) is 6.22. The molecule has 1 aromatic rings. The van der Waals surface area contributed by atoms with Crippen molar-refractivity contribution in [2.45, 2.75) is 26.9 Å². The topological polar surface area (TPSA) is 67.4 Å². The lowest BCUT2D eigenvalue weighted by Gasteiger charge is -2.13. The lowest BCUT2D eigenvalue weighted by atomic mass is 10.1.